The lowest BCUT2D eigenvalue weighted by Gasteiger charge is -2.31. The van der Waals surface area contributed by atoms with Gasteiger partial charge in [-0.15, -0.1) is 0 Å². The lowest BCUT2D eigenvalue weighted by Crippen LogP contribution is -2.41. The van der Waals surface area contributed by atoms with Gasteiger partial charge < -0.3 is 5.11 Å². The first-order valence-electron chi connectivity index (χ1n) is 6.76. The number of rotatable bonds is 3. The van der Waals surface area contributed by atoms with Crippen LogP contribution in [0.3, 0.4) is 0 Å². The second-order valence-corrected chi connectivity index (χ2v) is 5.74. The van der Waals surface area contributed by atoms with Crippen LogP contribution in [-0.2, 0) is 4.79 Å². The average molecular weight is 223 g/mol. The maximum absolute atomic E-state index is 11.3. The first-order valence-corrected chi connectivity index (χ1v) is 6.76. The van der Waals surface area contributed by atoms with Gasteiger partial charge in [0.15, 0.2) is 0 Å². The van der Waals surface area contributed by atoms with E-state index in [-0.39, 0.29) is 5.92 Å². The summed E-state index contributed by atoms with van der Waals surface area (Å²) in [5.41, 5.74) is 0. The molecule has 3 heteroatoms. The van der Waals surface area contributed by atoms with Gasteiger partial charge in [-0.2, -0.15) is 0 Å². The van der Waals surface area contributed by atoms with E-state index >= 15 is 0 Å². The standard InChI is InChI=1S/C13H21NO2/c15-13(16)11-7-8-14(10-5-6-10)12(11)9-3-1-2-4-9/h9-12H,1-8H2,(H,15,16)/t11-,12+/m0/s1. The van der Waals surface area contributed by atoms with Crippen molar-refractivity contribution in [3.05, 3.63) is 0 Å². The first kappa shape index (κ1) is 10.6. The third kappa shape index (κ3) is 1.75. The van der Waals surface area contributed by atoms with Crippen molar-refractivity contribution in [2.45, 2.75) is 57.0 Å². The number of carbonyl (C=O) groups is 1. The Balaban J connectivity index is 1.77. The van der Waals surface area contributed by atoms with Gasteiger partial charge in [-0.25, -0.2) is 0 Å². The first-order chi connectivity index (χ1) is 7.77. The van der Waals surface area contributed by atoms with Crippen LogP contribution in [0.15, 0.2) is 0 Å². The minimum atomic E-state index is -0.556. The predicted octanol–water partition coefficient (Wildman–Crippen LogP) is 2.11. The van der Waals surface area contributed by atoms with E-state index in [1.54, 1.807) is 0 Å². The van der Waals surface area contributed by atoms with E-state index in [2.05, 4.69) is 4.90 Å². The van der Waals surface area contributed by atoms with E-state index in [9.17, 15) is 9.90 Å². The van der Waals surface area contributed by atoms with Crippen molar-refractivity contribution in [2.75, 3.05) is 6.54 Å². The molecule has 3 nitrogen and oxygen atoms in total. The van der Waals surface area contributed by atoms with Crippen molar-refractivity contribution in [1.82, 2.24) is 4.90 Å². The van der Waals surface area contributed by atoms with E-state index in [0.29, 0.717) is 12.0 Å². The van der Waals surface area contributed by atoms with Crippen LogP contribution in [-0.4, -0.2) is 34.6 Å². The summed E-state index contributed by atoms with van der Waals surface area (Å²) in [5.74, 6) is 0.0351. The van der Waals surface area contributed by atoms with Crippen LogP contribution in [0.4, 0.5) is 0 Å². The normalized spacial score (nSPS) is 37.0. The highest BCUT2D eigenvalue weighted by Gasteiger charge is 2.48. The molecule has 1 aliphatic heterocycles. The molecule has 0 amide bonds. The number of hydrogen-bond donors (Lipinski definition) is 1. The summed E-state index contributed by atoms with van der Waals surface area (Å²) in [6, 6.07) is 1.10. The Bertz CT molecular complexity index is 282. The zero-order valence-electron chi connectivity index (χ0n) is 9.77. The molecular formula is C13H21NO2. The Morgan fingerprint density at radius 1 is 1.06 bits per heavy atom. The molecular weight excluding hydrogens is 202 g/mol. The second-order valence-electron chi connectivity index (χ2n) is 5.74. The quantitative estimate of drug-likeness (QED) is 0.796. The van der Waals surface area contributed by atoms with Crippen molar-refractivity contribution in [2.24, 2.45) is 11.8 Å². The molecule has 0 spiro atoms. The fourth-order valence-corrected chi connectivity index (χ4v) is 3.84. The van der Waals surface area contributed by atoms with Crippen LogP contribution in [0.2, 0.25) is 0 Å². The van der Waals surface area contributed by atoms with Crippen molar-refractivity contribution in [3.63, 3.8) is 0 Å². The number of likely N-dealkylation sites (tertiary alicyclic amines) is 1. The summed E-state index contributed by atoms with van der Waals surface area (Å²) in [6.45, 7) is 1.03. The predicted molar refractivity (Wildman–Crippen MR) is 61.2 cm³/mol. The van der Waals surface area contributed by atoms with E-state index in [1.807, 2.05) is 0 Å². The SMILES string of the molecule is O=C(O)[C@H]1CCN(C2CC2)[C@@H]1C1CCCC1. The number of nitrogens with zero attached hydrogens (tertiary/aromatic N) is 1. The van der Waals surface area contributed by atoms with Gasteiger partial charge in [0, 0.05) is 12.1 Å². The molecule has 0 bridgehead atoms. The van der Waals surface area contributed by atoms with E-state index in [0.717, 1.165) is 19.0 Å². The van der Waals surface area contributed by atoms with Gasteiger partial charge in [-0.05, 0) is 44.6 Å². The molecule has 1 N–H and O–H groups in total. The lowest BCUT2D eigenvalue weighted by molar-refractivity contribution is -0.143. The van der Waals surface area contributed by atoms with Crippen LogP contribution < -0.4 is 0 Å². The molecule has 0 aromatic rings. The van der Waals surface area contributed by atoms with Crippen LogP contribution in [0, 0.1) is 11.8 Å². The van der Waals surface area contributed by atoms with E-state index in [4.69, 9.17) is 0 Å². The smallest absolute Gasteiger partial charge is 0.308 e. The molecule has 3 aliphatic rings. The number of hydrogen-bond acceptors (Lipinski definition) is 2. The molecule has 2 aliphatic carbocycles. The molecule has 1 saturated heterocycles. The molecule has 16 heavy (non-hydrogen) atoms. The van der Waals surface area contributed by atoms with Gasteiger partial charge >= 0.3 is 5.97 Å². The summed E-state index contributed by atoms with van der Waals surface area (Å²) < 4.78 is 0. The second kappa shape index (κ2) is 4.02. The van der Waals surface area contributed by atoms with Crippen molar-refractivity contribution >= 4 is 5.97 Å². The van der Waals surface area contributed by atoms with Gasteiger partial charge in [-0.3, -0.25) is 9.69 Å². The van der Waals surface area contributed by atoms with Crippen LogP contribution in [0.25, 0.3) is 0 Å². The Morgan fingerprint density at radius 3 is 2.31 bits per heavy atom. The number of aliphatic carboxylic acids is 1. The molecule has 1 heterocycles. The number of carboxylic acids is 1. The minimum Gasteiger partial charge on any atom is -0.481 e. The van der Waals surface area contributed by atoms with Crippen LogP contribution in [0.5, 0.6) is 0 Å². The maximum atomic E-state index is 11.3. The molecule has 3 rings (SSSR count). The lowest BCUT2D eigenvalue weighted by atomic mass is 9.87. The van der Waals surface area contributed by atoms with Gasteiger partial charge in [0.2, 0.25) is 0 Å². The molecule has 2 saturated carbocycles. The number of carboxylic acid groups (broad SMARTS) is 1. The van der Waals surface area contributed by atoms with Gasteiger partial charge in [0.1, 0.15) is 0 Å². The third-order valence-electron chi connectivity index (χ3n) is 4.71. The van der Waals surface area contributed by atoms with E-state index < -0.39 is 5.97 Å². The van der Waals surface area contributed by atoms with Crippen LogP contribution in [0.1, 0.15) is 44.9 Å². The third-order valence-corrected chi connectivity index (χ3v) is 4.71. The highest BCUT2D eigenvalue weighted by Crippen LogP contribution is 2.43. The molecule has 3 fully saturated rings. The zero-order chi connectivity index (χ0) is 11.1. The Kier molecular flexibility index (Phi) is 2.66. The molecule has 90 valence electrons. The highest BCUT2D eigenvalue weighted by molar-refractivity contribution is 5.71. The molecule has 2 atom stereocenters. The summed E-state index contributed by atoms with van der Waals surface area (Å²) in [5, 5.41) is 9.34. The van der Waals surface area contributed by atoms with Gasteiger partial charge in [-0.1, -0.05) is 12.8 Å². The molecule has 0 radical (unpaired) electrons. The fraction of sp³-hybridized carbons (Fsp3) is 0.923. The molecule has 0 unspecified atom stereocenters. The zero-order valence-corrected chi connectivity index (χ0v) is 9.77. The van der Waals surface area contributed by atoms with Gasteiger partial charge in [0.25, 0.3) is 0 Å². The Morgan fingerprint density at radius 2 is 1.75 bits per heavy atom. The van der Waals surface area contributed by atoms with Gasteiger partial charge in [0.05, 0.1) is 5.92 Å². The largest absolute Gasteiger partial charge is 0.481 e. The molecule has 0 aromatic carbocycles. The topological polar surface area (TPSA) is 40.5 Å². The summed E-state index contributed by atoms with van der Waals surface area (Å²) in [4.78, 5) is 13.9. The van der Waals surface area contributed by atoms with E-state index in [1.165, 1.54) is 38.5 Å². The van der Waals surface area contributed by atoms with Crippen molar-refractivity contribution in [3.8, 4) is 0 Å². The monoisotopic (exact) mass is 223 g/mol. The van der Waals surface area contributed by atoms with Crippen molar-refractivity contribution in [1.29, 1.82) is 0 Å². The Hall–Kier alpha value is -0.570. The summed E-state index contributed by atoms with van der Waals surface area (Å²) >= 11 is 0. The Labute approximate surface area is 96.8 Å². The van der Waals surface area contributed by atoms with Crippen LogP contribution >= 0.6 is 0 Å². The highest BCUT2D eigenvalue weighted by atomic mass is 16.4. The summed E-state index contributed by atoms with van der Waals surface area (Å²) in [6.07, 6.45) is 8.63. The maximum Gasteiger partial charge on any atom is 0.308 e. The van der Waals surface area contributed by atoms with Crippen molar-refractivity contribution < 1.29 is 9.90 Å². The minimum absolute atomic E-state index is 0.0799. The average Bonchev–Trinajstić information content (AvgIpc) is 2.82. The fourth-order valence-electron chi connectivity index (χ4n) is 3.84. The molecule has 0 aromatic heterocycles. The summed E-state index contributed by atoms with van der Waals surface area (Å²) in [7, 11) is 0.